The number of piperidine rings is 2. The quantitative estimate of drug-likeness (QED) is 0.787. The minimum atomic E-state index is 0.188. The van der Waals surface area contributed by atoms with E-state index >= 15 is 0 Å². The molecule has 6 nitrogen and oxygen atoms in total. The number of nitrogens with one attached hydrogen (secondary N) is 2. The molecule has 1 atom stereocenters. The lowest BCUT2D eigenvalue weighted by atomic mass is 9.93. The smallest absolute Gasteiger partial charge is 0.247 e. The second kappa shape index (κ2) is 7.53. The van der Waals surface area contributed by atoms with Crippen LogP contribution in [0.25, 0.3) is 0 Å². The van der Waals surface area contributed by atoms with Gasteiger partial charge in [-0.2, -0.15) is 0 Å². The van der Waals surface area contributed by atoms with Crippen LogP contribution in [0.3, 0.4) is 0 Å². The Bertz CT molecular complexity index is 665. The first-order valence-electron chi connectivity index (χ1n) is 10.1. The van der Waals surface area contributed by atoms with Crippen LogP contribution in [0, 0.1) is 5.41 Å². The van der Waals surface area contributed by atoms with Gasteiger partial charge in [-0.1, -0.05) is 5.57 Å². The van der Waals surface area contributed by atoms with Crippen LogP contribution in [0.5, 0.6) is 0 Å². The topological polar surface area (TPSA) is 62.2 Å². The van der Waals surface area contributed by atoms with Crippen molar-refractivity contribution < 1.29 is 4.79 Å². The Morgan fingerprint density at radius 2 is 2.04 bits per heavy atom. The van der Waals surface area contributed by atoms with Crippen LogP contribution in [-0.2, 0) is 17.9 Å². The van der Waals surface area contributed by atoms with Crippen LogP contribution >= 0.6 is 0 Å². The molecule has 0 aromatic carbocycles. The molecule has 26 heavy (non-hydrogen) atoms. The molecular weight excluding hydrogens is 326 g/mol. The van der Waals surface area contributed by atoms with Crippen LogP contribution < -0.4 is 10.6 Å². The number of hydrogen-bond acceptors (Lipinski definition) is 4. The Balaban J connectivity index is 1.54. The molecule has 2 aliphatic heterocycles. The number of carbonyl (C=O) groups excluding carboxylic acids is 1. The van der Waals surface area contributed by atoms with Crippen molar-refractivity contribution in [2.24, 2.45) is 5.41 Å². The monoisotopic (exact) mass is 357 g/mol. The van der Waals surface area contributed by atoms with Gasteiger partial charge in [0.25, 0.3) is 0 Å². The number of imidazole rings is 1. The van der Waals surface area contributed by atoms with Gasteiger partial charge in [0.05, 0.1) is 6.54 Å². The van der Waals surface area contributed by atoms with Gasteiger partial charge >= 0.3 is 0 Å². The van der Waals surface area contributed by atoms with Gasteiger partial charge in [-0.25, -0.2) is 4.98 Å². The highest BCUT2D eigenvalue weighted by Gasteiger charge is 2.57. The lowest BCUT2D eigenvalue weighted by molar-refractivity contribution is -0.128. The molecule has 2 saturated heterocycles. The Labute approximate surface area is 156 Å². The lowest BCUT2D eigenvalue weighted by Gasteiger charge is -2.29. The second-order valence-electron chi connectivity index (χ2n) is 7.98. The molecule has 0 bridgehead atoms. The van der Waals surface area contributed by atoms with Crippen molar-refractivity contribution in [3.05, 3.63) is 29.9 Å². The number of aryl methyl sites for hydroxylation is 1. The molecule has 2 N–H and O–H groups in total. The zero-order valence-electron chi connectivity index (χ0n) is 15.8. The minimum Gasteiger partial charge on any atom is -0.334 e. The van der Waals surface area contributed by atoms with Crippen molar-refractivity contribution in [3.63, 3.8) is 0 Å². The fraction of sp³-hybridized carbons (Fsp3) is 0.700. The molecule has 1 aromatic rings. The van der Waals surface area contributed by atoms with Crippen LogP contribution in [0.2, 0.25) is 0 Å². The lowest BCUT2D eigenvalue weighted by Crippen LogP contribution is -2.39. The molecule has 3 heterocycles. The number of rotatable bonds is 5. The van der Waals surface area contributed by atoms with Gasteiger partial charge in [0.15, 0.2) is 0 Å². The summed E-state index contributed by atoms with van der Waals surface area (Å²) in [6.07, 6.45) is 11.3. The number of aromatic nitrogens is 2. The number of hydrogen-bond donors (Lipinski definition) is 2. The maximum Gasteiger partial charge on any atom is 0.247 e. The molecule has 1 aliphatic carbocycles. The maximum atomic E-state index is 13.2. The molecule has 142 valence electrons. The Morgan fingerprint density at radius 3 is 2.77 bits per heavy atom. The average molecular weight is 358 g/mol. The molecule has 3 fully saturated rings. The van der Waals surface area contributed by atoms with E-state index in [-0.39, 0.29) is 5.91 Å². The van der Waals surface area contributed by atoms with Crippen molar-refractivity contribution in [3.8, 4) is 0 Å². The van der Waals surface area contributed by atoms with E-state index in [0.29, 0.717) is 18.0 Å². The predicted octanol–water partition coefficient (Wildman–Crippen LogP) is 1.68. The van der Waals surface area contributed by atoms with Crippen molar-refractivity contribution >= 4 is 5.91 Å². The van der Waals surface area contributed by atoms with E-state index in [0.717, 1.165) is 57.8 Å². The fourth-order valence-electron chi connectivity index (χ4n) is 4.65. The van der Waals surface area contributed by atoms with Crippen molar-refractivity contribution in [1.29, 1.82) is 0 Å². The molecule has 6 heteroatoms. The highest BCUT2D eigenvalue weighted by Crippen LogP contribution is 2.56. The van der Waals surface area contributed by atoms with Crippen LogP contribution in [0.1, 0.15) is 44.9 Å². The second-order valence-corrected chi connectivity index (χ2v) is 7.98. The zero-order valence-corrected chi connectivity index (χ0v) is 15.8. The average Bonchev–Trinajstić information content (AvgIpc) is 3.14. The Kier molecular flexibility index (Phi) is 5.14. The molecule has 1 spiro atoms. The van der Waals surface area contributed by atoms with E-state index in [2.05, 4.69) is 32.0 Å². The summed E-state index contributed by atoms with van der Waals surface area (Å²) < 4.78 is 2.15. The minimum absolute atomic E-state index is 0.188. The Morgan fingerprint density at radius 1 is 1.31 bits per heavy atom. The predicted molar refractivity (Wildman–Crippen MR) is 102 cm³/mol. The molecule has 1 amide bonds. The summed E-state index contributed by atoms with van der Waals surface area (Å²) in [5.74, 6) is 1.19. The molecule has 1 unspecified atom stereocenters. The first-order valence-corrected chi connectivity index (χ1v) is 10.1. The number of amides is 1. The zero-order chi connectivity index (χ0) is 18.0. The van der Waals surface area contributed by atoms with E-state index < -0.39 is 0 Å². The SMILES string of the molecule is CCn1ccnc1CN(C(=O)C=C1CCNCC1)C1CC12CCNCC2. The summed E-state index contributed by atoms with van der Waals surface area (Å²) in [7, 11) is 0. The largest absolute Gasteiger partial charge is 0.334 e. The van der Waals surface area contributed by atoms with Crippen LogP contribution in [0.4, 0.5) is 0 Å². The summed E-state index contributed by atoms with van der Waals surface area (Å²) in [4.78, 5) is 19.9. The molecule has 4 rings (SSSR count). The summed E-state index contributed by atoms with van der Waals surface area (Å²) in [5.41, 5.74) is 1.63. The van der Waals surface area contributed by atoms with Gasteiger partial charge in [-0.15, -0.1) is 0 Å². The number of carbonyl (C=O) groups is 1. The van der Waals surface area contributed by atoms with E-state index in [9.17, 15) is 4.79 Å². The van der Waals surface area contributed by atoms with Gasteiger partial charge < -0.3 is 20.1 Å². The van der Waals surface area contributed by atoms with Crippen LogP contribution in [-0.4, -0.2) is 52.6 Å². The van der Waals surface area contributed by atoms with Gasteiger partial charge in [0.1, 0.15) is 5.82 Å². The van der Waals surface area contributed by atoms with Crippen LogP contribution in [0.15, 0.2) is 24.0 Å². The van der Waals surface area contributed by atoms with Gasteiger partial charge in [0, 0.05) is 31.1 Å². The third-order valence-corrected chi connectivity index (χ3v) is 6.43. The van der Waals surface area contributed by atoms with E-state index in [1.165, 1.54) is 18.4 Å². The molecular formula is C20H31N5O. The van der Waals surface area contributed by atoms with E-state index in [4.69, 9.17) is 0 Å². The first kappa shape index (κ1) is 17.7. The highest BCUT2D eigenvalue weighted by atomic mass is 16.2. The van der Waals surface area contributed by atoms with Crippen molar-refractivity contribution in [1.82, 2.24) is 25.1 Å². The van der Waals surface area contributed by atoms with Gasteiger partial charge in [0.2, 0.25) is 5.91 Å². The third-order valence-electron chi connectivity index (χ3n) is 6.43. The molecule has 1 saturated carbocycles. The standard InChI is InChI=1S/C20H31N5O/c1-2-24-12-11-23-18(24)15-25(17-14-20(17)5-9-22-10-6-20)19(26)13-16-3-7-21-8-4-16/h11-13,17,21-22H,2-10,14-15H2,1H3. The third kappa shape index (κ3) is 3.58. The summed E-state index contributed by atoms with van der Waals surface area (Å²) in [6.45, 7) is 7.77. The molecule has 3 aliphatic rings. The molecule has 1 aromatic heterocycles. The Hall–Kier alpha value is -1.66. The normalized spacial score (nSPS) is 24.5. The van der Waals surface area contributed by atoms with E-state index in [1.807, 2.05) is 18.5 Å². The van der Waals surface area contributed by atoms with Crippen molar-refractivity contribution in [2.75, 3.05) is 26.2 Å². The summed E-state index contributed by atoms with van der Waals surface area (Å²) in [5, 5.41) is 6.82. The molecule has 0 radical (unpaired) electrons. The highest BCUT2D eigenvalue weighted by molar-refractivity contribution is 5.89. The summed E-state index contributed by atoms with van der Waals surface area (Å²) >= 11 is 0. The van der Waals surface area contributed by atoms with Crippen molar-refractivity contribution in [2.45, 2.75) is 58.2 Å². The fourth-order valence-corrected chi connectivity index (χ4v) is 4.65. The van der Waals surface area contributed by atoms with Gasteiger partial charge in [-0.05, 0) is 70.6 Å². The maximum absolute atomic E-state index is 13.2. The number of nitrogens with zero attached hydrogens (tertiary/aromatic N) is 3. The first-order chi connectivity index (χ1) is 12.7. The summed E-state index contributed by atoms with van der Waals surface area (Å²) in [6, 6.07) is 0.373. The van der Waals surface area contributed by atoms with Gasteiger partial charge in [-0.3, -0.25) is 4.79 Å². The van der Waals surface area contributed by atoms with E-state index in [1.54, 1.807) is 0 Å².